The summed E-state index contributed by atoms with van der Waals surface area (Å²) in [6, 6.07) is 0.970. The van der Waals surface area contributed by atoms with E-state index in [2.05, 4.69) is 26.6 Å². The van der Waals surface area contributed by atoms with Gasteiger partial charge in [0.2, 0.25) is 5.78 Å². The van der Waals surface area contributed by atoms with Crippen molar-refractivity contribution in [3.8, 4) is 0 Å². The number of hydrogen-bond donors (Lipinski definition) is 1. The predicted molar refractivity (Wildman–Crippen MR) is 119 cm³/mol. The van der Waals surface area contributed by atoms with Crippen LogP contribution in [-0.4, -0.2) is 24.7 Å². The molecule has 0 spiro atoms. The highest BCUT2D eigenvalue weighted by atomic mass is 28.3. The molecule has 0 saturated heterocycles. The first-order valence-corrected chi connectivity index (χ1v) is 13.9. The van der Waals surface area contributed by atoms with Crippen molar-refractivity contribution in [3.63, 3.8) is 0 Å². The molecule has 0 aromatic heterocycles. The van der Waals surface area contributed by atoms with Gasteiger partial charge in [-0.05, 0) is 43.9 Å². The van der Waals surface area contributed by atoms with Crippen LogP contribution in [0.15, 0.2) is 46.4 Å². The Morgan fingerprint density at radius 3 is 2.54 bits per heavy atom. The number of carbonyl (C=O) groups is 2. The van der Waals surface area contributed by atoms with Crippen LogP contribution < -0.4 is 0 Å². The quantitative estimate of drug-likeness (QED) is 0.227. The van der Waals surface area contributed by atoms with Crippen LogP contribution in [0.4, 0.5) is 0 Å². The minimum atomic E-state index is -2.07. The number of allylic oxidation sites excluding steroid dienone is 6. The van der Waals surface area contributed by atoms with Crippen LogP contribution in [0.3, 0.4) is 0 Å². The number of unbranched alkanes of at least 4 members (excludes halogenated alkanes) is 3. The fraction of sp³-hybridized carbons (Fsp3) is 0.583. The van der Waals surface area contributed by atoms with Gasteiger partial charge in [-0.15, -0.1) is 0 Å². The third kappa shape index (κ3) is 4.83. The fourth-order valence-corrected chi connectivity index (χ4v) is 7.16. The Bertz CT molecular complexity index is 752. The number of carbonyl (C=O) groups excluding carboxylic acids is 2. The summed E-state index contributed by atoms with van der Waals surface area (Å²) in [4.78, 5) is 26.2. The zero-order valence-corrected chi connectivity index (χ0v) is 19.2. The molecule has 4 heteroatoms. The average molecular weight is 401 g/mol. The predicted octanol–water partition coefficient (Wildman–Crippen LogP) is 6.25. The van der Waals surface area contributed by atoms with Gasteiger partial charge >= 0.3 is 0 Å². The summed E-state index contributed by atoms with van der Waals surface area (Å²) in [7, 11) is -2.07. The smallest absolute Gasteiger partial charge is 0.219 e. The van der Waals surface area contributed by atoms with E-state index in [0.717, 1.165) is 37.3 Å². The molecule has 3 nitrogen and oxygen atoms in total. The third-order valence-electron chi connectivity index (χ3n) is 6.35. The van der Waals surface area contributed by atoms with Crippen molar-refractivity contribution in [3.05, 3.63) is 46.4 Å². The first-order chi connectivity index (χ1) is 13.1. The molecule has 0 saturated carbocycles. The molecule has 0 unspecified atom stereocenters. The summed E-state index contributed by atoms with van der Waals surface area (Å²) in [5, 5.41) is 11.4. The SMILES string of the molecule is C=C(C)[C@@H]1CCC(C)=C[C@H]1C1=C(O)C(=O)C([Si](C)(C)CCCCCC)=CC1=O. The first kappa shape index (κ1) is 22.6. The van der Waals surface area contributed by atoms with Crippen molar-refractivity contribution in [1.82, 2.24) is 0 Å². The van der Waals surface area contributed by atoms with Gasteiger partial charge in [0, 0.05) is 5.92 Å². The molecular weight excluding hydrogens is 364 g/mol. The maximum absolute atomic E-state index is 13.1. The molecule has 0 aromatic carbocycles. The lowest BCUT2D eigenvalue weighted by Gasteiger charge is -2.34. The van der Waals surface area contributed by atoms with Crippen molar-refractivity contribution in [2.24, 2.45) is 11.8 Å². The Hall–Kier alpha value is -1.68. The van der Waals surface area contributed by atoms with Crippen molar-refractivity contribution >= 4 is 19.6 Å². The number of aliphatic hydroxyl groups is 1. The van der Waals surface area contributed by atoms with Gasteiger partial charge < -0.3 is 5.11 Å². The zero-order chi connectivity index (χ0) is 21.1. The van der Waals surface area contributed by atoms with Crippen LogP contribution in [0.25, 0.3) is 0 Å². The van der Waals surface area contributed by atoms with Crippen LogP contribution in [0.2, 0.25) is 19.1 Å². The highest BCUT2D eigenvalue weighted by Gasteiger charge is 2.41. The third-order valence-corrected chi connectivity index (χ3v) is 9.79. The van der Waals surface area contributed by atoms with Crippen LogP contribution in [0.1, 0.15) is 59.3 Å². The maximum Gasteiger partial charge on any atom is 0.219 e. The summed E-state index contributed by atoms with van der Waals surface area (Å²) in [6.07, 6.45) is 10.1. The fourth-order valence-electron chi connectivity index (χ4n) is 4.50. The molecule has 1 N–H and O–H groups in total. The van der Waals surface area contributed by atoms with Crippen LogP contribution in [0, 0.1) is 11.8 Å². The highest BCUT2D eigenvalue weighted by Crippen LogP contribution is 2.41. The van der Waals surface area contributed by atoms with E-state index in [1.54, 1.807) is 6.08 Å². The van der Waals surface area contributed by atoms with E-state index >= 15 is 0 Å². The summed E-state index contributed by atoms with van der Waals surface area (Å²) in [5.41, 5.74) is 2.47. The molecule has 0 aromatic rings. The number of rotatable bonds is 8. The molecule has 0 fully saturated rings. The van der Waals surface area contributed by atoms with Gasteiger partial charge in [0.25, 0.3) is 0 Å². The number of aliphatic hydroxyl groups excluding tert-OH is 1. The molecule has 28 heavy (non-hydrogen) atoms. The highest BCUT2D eigenvalue weighted by molar-refractivity contribution is 6.89. The van der Waals surface area contributed by atoms with E-state index in [4.69, 9.17) is 0 Å². The van der Waals surface area contributed by atoms with E-state index in [1.165, 1.54) is 18.4 Å². The molecule has 0 radical (unpaired) electrons. The van der Waals surface area contributed by atoms with Gasteiger partial charge in [0.15, 0.2) is 11.5 Å². The van der Waals surface area contributed by atoms with Crippen molar-refractivity contribution in [2.45, 2.75) is 78.4 Å². The van der Waals surface area contributed by atoms with E-state index in [-0.39, 0.29) is 34.7 Å². The van der Waals surface area contributed by atoms with Crippen molar-refractivity contribution < 1.29 is 14.7 Å². The van der Waals surface area contributed by atoms with Crippen LogP contribution in [-0.2, 0) is 9.59 Å². The largest absolute Gasteiger partial charge is 0.504 e. The van der Waals surface area contributed by atoms with Gasteiger partial charge in [-0.25, -0.2) is 0 Å². The molecule has 0 bridgehead atoms. The van der Waals surface area contributed by atoms with E-state index in [9.17, 15) is 14.7 Å². The standard InChI is InChI=1S/C24H36O3Si/c1-7-8-9-10-13-28(5,6)21-15-20(25)22(24(27)23(21)26)19-14-17(4)11-12-18(19)16(2)3/h14-15,18-19,27H,2,7-13H2,1,3-6H3/t18-,19+/m0/s1. The second-order valence-corrected chi connectivity index (χ2v) is 14.0. The minimum absolute atomic E-state index is 0.0897. The van der Waals surface area contributed by atoms with Gasteiger partial charge in [0.05, 0.1) is 13.6 Å². The number of ketones is 2. The molecule has 2 rings (SSSR count). The second-order valence-electron chi connectivity index (χ2n) is 9.24. The van der Waals surface area contributed by atoms with Gasteiger partial charge in [-0.2, -0.15) is 0 Å². The normalized spacial score (nSPS) is 23.6. The maximum atomic E-state index is 13.1. The Kier molecular flexibility index (Phi) is 7.44. The monoisotopic (exact) mass is 400 g/mol. The molecule has 2 aliphatic rings. The Morgan fingerprint density at radius 1 is 1.25 bits per heavy atom. The van der Waals surface area contributed by atoms with E-state index in [1.807, 2.05) is 19.9 Å². The molecule has 0 aliphatic heterocycles. The molecule has 0 amide bonds. The first-order valence-electron chi connectivity index (χ1n) is 10.7. The number of hydrogen-bond acceptors (Lipinski definition) is 3. The van der Waals surface area contributed by atoms with Crippen LogP contribution >= 0.6 is 0 Å². The Balaban J connectivity index is 2.32. The summed E-state index contributed by atoms with van der Waals surface area (Å²) >= 11 is 0. The number of Topliss-reactive ketones (excluding diaryl/α,β-unsaturated/α-hetero) is 1. The molecule has 2 atom stereocenters. The topological polar surface area (TPSA) is 54.4 Å². The van der Waals surface area contributed by atoms with E-state index in [0.29, 0.717) is 5.20 Å². The van der Waals surface area contributed by atoms with Crippen molar-refractivity contribution in [2.75, 3.05) is 0 Å². The van der Waals surface area contributed by atoms with Gasteiger partial charge in [0.1, 0.15) is 0 Å². The summed E-state index contributed by atoms with van der Waals surface area (Å²) < 4.78 is 0. The second kappa shape index (κ2) is 9.21. The average Bonchev–Trinajstić information content (AvgIpc) is 2.61. The van der Waals surface area contributed by atoms with Crippen molar-refractivity contribution in [1.29, 1.82) is 0 Å². The van der Waals surface area contributed by atoms with E-state index < -0.39 is 8.07 Å². The molecular formula is C24H36O3Si. The van der Waals surface area contributed by atoms with Crippen LogP contribution in [0.5, 0.6) is 0 Å². The van der Waals surface area contributed by atoms with Gasteiger partial charge in [-0.3, -0.25) is 9.59 Å². The lowest BCUT2D eigenvalue weighted by atomic mass is 9.72. The Labute approximate surface area is 171 Å². The minimum Gasteiger partial charge on any atom is -0.504 e. The Morgan fingerprint density at radius 2 is 1.93 bits per heavy atom. The lowest BCUT2D eigenvalue weighted by Crippen LogP contribution is -2.39. The molecule has 154 valence electrons. The zero-order valence-electron chi connectivity index (χ0n) is 18.2. The summed E-state index contributed by atoms with van der Waals surface area (Å²) in [6.45, 7) is 14.5. The molecule has 2 aliphatic carbocycles. The lowest BCUT2D eigenvalue weighted by molar-refractivity contribution is -0.117. The molecule has 0 heterocycles. The summed E-state index contributed by atoms with van der Waals surface area (Å²) in [5.74, 6) is -0.997. The van der Waals surface area contributed by atoms with Gasteiger partial charge in [-0.1, -0.05) is 75.5 Å².